The third-order valence-electron chi connectivity index (χ3n) is 9.37. The Bertz CT molecular complexity index is 1500. The zero-order valence-corrected chi connectivity index (χ0v) is 24.6. The molecule has 3 aromatic rings. The van der Waals surface area contributed by atoms with Crippen molar-refractivity contribution in [3.05, 3.63) is 48.5 Å². The minimum atomic E-state index is -3.01. The number of hydrogen-bond donors (Lipinski definition) is 1. The fraction of sp³-hybridized carbons (Fsp3) is 0.581. The highest BCUT2D eigenvalue weighted by atomic mass is 32.2. The Morgan fingerprint density at radius 3 is 2.54 bits per heavy atom. The van der Waals surface area contributed by atoms with Crippen LogP contribution in [-0.4, -0.2) is 76.7 Å². The van der Waals surface area contributed by atoms with Gasteiger partial charge < -0.3 is 19.3 Å². The largest absolute Gasteiger partial charge is 0.493 e. The Labute approximate surface area is 241 Å². The minimum Gasteiger partial charge on any atom is -0.493 e. The van der Waals surface area contributed by atoms with Crippen LogP contribution in [0.25, 0.3) is 16.7 Å². The average molecular weight is 581 g/mol. The number of rotatable bonds is 9. The van der Waals surface area contributed by atoms with Gasteiger partial charge in [-0.2, -0.15) is 0 Å². The molecule has 10 heteroatoms. The highest BCUT2D eigenvalue weighted by Crippen LogP contribution is 2.57. The van der Waals surface area contributed by atoms with Gasteiger partial charge in [0.2, 0.25) is 5.91 Å². The molecule has 6 rings (SSSR count). The number of likely N-dealkylation sites (tertiary alicyclic amines) is 1. The summed E-state index contributed by atoms with van der Waals surface area (Å²) in [6, 6.07) is 9.84. The van der Waals surface area contributed by atoms with E-state index in [9.17, 15) is 18.3 Å². The van der Waals surface area contributed by atoms with Gasteiger partial charge in [0.05, 0.1) is 24.0 Å². The summed E-state index contributed by atoms with van der Waals surface area (Å²) in [5.74, 6) is 3.42. The molecule has 3 fully saturated rings. The summed E-state index contributed by atoms with van der Waals surface area (Å²) in [5, 5.41) is 10.7. The van der Waals surface area contributed by atoms with Crippen molar-refractivity contribution in [2.24, 2.45) is 11.8 Å². The van der Waals surface area contributed by atoms with Crippen molar-refractivity contribution in [2.45, 2.75) is 69.3 Å². The third kappa shape index (κ3) is 6.00. The number of aliphatic hydroxyl groups excluding tert-OH is 1. The second-order valence-electron chi connectivity index (χ2n) is 12.2. The van der Waals surface area contributed by atoms with E-state index in [2.05, 4.69) is 4.57 Å². The van der Waals surface area contributed by atoms with Crippen molar-refractivity contribution in [2.75, 3.05) is 31.7 Å². The number of sulfone groups is 1. The van der Waals surface area contributed by atoms with Crippen molar-refractivity contribution >= 4 is 26.6 Å². The fourth-order valence-electron chi connectivity index (χ4n) is 6.88. The molecule has 41 heavy (non-hydrogen) atoms. The predicted molar refractivity (Wildman–Crippen MR) is 157 cm³/mol. The fourth-order valence-corrected chi connectivity index (χ4v) is 7.52. The van der Waals surface area contributed by atoms with Crippen LogP contribution in [-0.2, 0) is 20.0 Å². The first-order valence-electron chi connectivity index (χ1n) is 14.9. The van der Waals surface area contributed by atoms with Crippen LogP contribution in [0.15, 0.2) is 42.7 Å². The molecule has 0 atom stereocenters. The molecule has 1 N–H and O–H groups in total. The molecule has 220 valence electrons. The Balaban J connectivity index is 1.14. The van der Waals surface area contributed by atoms with Gasteiger partial charge in [0.1, 0.15) is 27.2 Å². The van der Waals surface area contributed by atoms with E-state index in [4.69, 9.17) is 14.7 Å². The maximum absolute atomic E-state index is 13.1. The van der Waals surface area contributed by atoms with Crippen LogP contribution in [0.4, 0.5) is 0 Å². The lowest BCUT2D eigenvalue weighted by Crippen LogP contribution is -2.44. The van der Waals surface area contributed by atoms with Crippen molar-refractivity contribution < 1.29 is 23.1 Å². The van der Waals surface area contributed by atoms with Gasteiger partial charge in [0.15, 0.2) is 0 Å². The van der Waals surface area contributed by atoms with Gasteiger partial charge in [-0.3, -0.25) is 4.79 Å². The SMILES string of the molecule is CS(=O)(=O)CCCOc1cccc2c1ccn2-c1ccnc(C2(C3CCC(C(=O)N4CCC(O)CC4)CC3)CC2)n1. The molecule has 2 aliphatic carbocycles. The van der Waals surface area contributed by atoms with Gasteiger partial charge in [-0.15, -0.1) is 0 Å². The quantitative estimate of drug-likeness (QED) is 0.380. The number of carbonyl (C=O) groups excluding carboxylic acids is 1. The summed E-state index contributed by atoms with van der Waals surface area (Å²) in [6.07, 6.45) is 12.7. The van der Waals surface area contributed by atoms with E-state index in [0.29, 0.717) is 44.9 Å². The number of aromatic nitrogens is 3. The highest BCUT2D eigenvalue weighted by molar-refractivity contribution is 7.90. The zero-order chi connectivity index (χ0) is 28.6. The van der Waals surface area contributed by atoms with E-state index in [1.165, 1.54) is 6.26 Å². The van der Waals surface area contributed by atoms with Gasteiger partial charge in [-0.25, -0.2) is 18.4 Å². The van der Waals surface area contributed by atoms with Crippen molar-refractivity contribution in [1.82, 2.24) is 19.4 Å². The normalized spacial score (nSPS) is 23.0. The van der Waals surface area contributed by atoms with Gasteiger partial charge in [-0.05, 0) is 88.0 Å². The van der Waals surface area contributed by atoms with Crippen LogP contribution in [0.1, 0.15) is 63.6 Å². The predicted octanol–water partition coefficient (Wildman–Crippen LogP) is 4.06. The van der Waals surface area contributed by atoms with E-state index >= 15 is 0 Å². The molecular formula is C31H40N4O5S. The smallest absolute Gasteiger partial charge is 0.225 e. The van der Waals surface area contributed by atoms with Gasteiger partial charge >= 0.3 is 0 Å². The number of hydrogen-bond acceptors (Lipinski definition) is 7. The molecular weight excluding hydrogens is 540 g/mol. The van der Waals surface area contributed by atoms with Crippen LogP contribution in [0.2, 0.25) is 0 Å². The number of carbonyl (C=O) groups is 1. The topological polar surface area (TPSA) is 115 Å². The maximum atomic E-state index is 13.1. The Morgan fingerprint density at radius 1 is 1.07 bits per heavy atom. The number of aliphatic hydroxyl groups is 1. The monoisotopic (exact) mass is 580 g/mol. The molecule has 1 amide bonds. The Hall–Kier alpha value is -2.98. The molecule has 1 saturated heterocycles. The zero-order valence-electron chi connectivity index (χ0n) is 23.7. The molecule has 2 saturated carbocycles. The molecule has 0 bridgehead atoms. The Morgan fingerprint density at radius 2 is 1.83 bits per heavy atom. The number of nitrogens with zero attached hydrogens (tertiary/aromatic N) is 4. The molecule has 1 aromatic carbocycles. The van der Waals surface area contributed by atoms with Gasteiger partial charge in [0.25, 0.3) is 0 Å². The first kappa shape index (κ1) is 28.2. The number of amides is 1. The molecule has 3 heterocycles. The van der Waals surface area contributed by atoms with Gasteiger partial charge in [0, 0.05) is 48.5 Å². The average Bonchev–Trinajstić information content (AvgIpc) is 3.67. The van der Waals surface area contributed by atoms with E-state index < -0.39 is 9.84 Å². The summed E-state index contributed by atoms with van der Waals surface area (Å²) in [4.78, 5) is 24.9. The summed E-state index contributed by atoms with van der Waals surface area (Å²) < 4.78 is 30.9. The van der Waals surface area contributed by atoms with Crippen LogP contribution in [0.5, 0.6) is 5.75 Å². The molecule has 3 aliphatic rings. The highest BCUT2D eigenvalue weighted by Gasteiger charge is 2.54. The third-order valence-corrected chi connectivity index (χ3v) is 10.4. The Kier molecular flexibility index (Phi) is 7.80. The molecule has 1 aliphatic heterocycles. The van der Waals surface area contributed by atoms with E-state index in [-0.39, 0.29) is 29.1 Å². The molecule has 0 radical (unpaired) electrons. The van der Waals surface area contributed by atoms with Gasteiger partial charge in [-0.1, -0.05) is 6.07 Å². The van der Waals surface area contributed by atoms with Crippen molar-refractivity contribution in [1.29, 1.82) is 0 Å². The lowest BCUT2D eigenvalue weighted by atomic mass is 9.73. The number of benzene rings is 1. The second kappa shape index (κ2) is 11.4. The molecule has 0 spiro atoms. The number of piperidine rings is 1. The first-order valence-corrected chi connectivity index (χ1v) is 17.0. The first-order chi connectivity index (χ1) is 19.7. The van der Waals surface area contributed by atoms with Crippen LogP contribution >= 0.6 is 0 Å². The van der Waals surface area contributed by atoms with E-state index in [0.717, 1.165) is 66.8 Å². The summed E-state index contributed by atoms with van der Waals surface area (Å²) in [5.41, 5.74) is 0.972. The van der Waals surface area contributed by atoms with Crippen molar-refractivity contribution in [3.63, 3.8) is 0 Å². The maximum Gasteiger partial charge on any atom is 0.225 e. The summed E-state index contributed by atoms with van der Waals surface area (Å²) in [6.45, 7) is 1.69. The number of fused-ring (bicyclic) bond motifs is 1. The summed E-state index contributed by atoms with van der Waals surface area (Å²) >= 11 is 0. The van der Waals surface area contributed by atoms with Crippen LogP contribution < -0.4 is 4.74 Å². The van der Waals surface area contributed by atoms with Crippen LogP contribution in [0, 0.1) is 11.8 Å². The van der Waals surface area contributed by atoms with E-state index in [1.54, 1.807) is 0 Å². The lowest BCUT2D eigenvalue weighted by Gasteiger charge is -2.37. The number of ether oxygens (including phenoxy) is 1. The second-order valence-corrected chi connectivity index (χ2v) is 14.5. The van der Waals surface area contributed by atoms with Crippen molar-refractivity contribution in [3.8, 4) is 11.6 Å². The standard InChI is InChI=1S/C31H40N4O5S/c1-41(38,39)21-3-20-40-27-5-2-4-26-25(27)13-19-35(26)28-10-16-32-30(33-28)31(14-15-31)23-8-6-22(7-9-23)29(37)34-17-11-24(36)12-18-34/h2,4-5,10,13,16,19,22-24,36H,3,6-9,11-12,14-15,17-18,20-21H2,1H3. The minimum absolute atomic E-state index is 0.00387. The van der Waals surface area contributed by atoms with Crippen LogP contribution in [0.3, 0.4) is 0 Å². The molecule has 0 unspecified atom stereocenters. The van der Waals surface area contributed by atoms with E-state index in [1.807, 2.05) is 47.6 Å². The molecule has 9 nitrogen and oxygen atoms in total. The summed E-state index contributed by atoms with van der Waals surface area (Å²) in [7, 11) is -3.01. The molecule has 2 aromatic heterocycles. The lowest BCUT2D eigenvalue weighted by molar-refractivity contribution is -0.139.